The van der Waals surface area contributed by atoms with Gasteiger partial charge in [-0.2, -0.15) is 0 Å². The Balaban J connectivity index is 0.853. The Morgan fingerprint density at radius 1 is 0.755 bits per heavy atom. The number of aromatic nitrogens is 3. The van der Waals surface area contributed by atoms with E-state index in [1.807, 2.05) is 17.0 Å². The second kappa shape index (κ2) is 14.2. The predicted octanol–water partition coefficient (Wildman–Crippen LogP) is 3.53. The number of hydrogen-bond donors (Lipinski definition) is 3. The number of aromatic amines is 1. The fourth-order valence-corrected chi connectivity index (χ4v) is 7.86. The van der Waals surface area contributed by atoms with Crippen LogP contribution >= 0.6 is 0 Å². The van der Waals surface area contributed by atoms with Crippen molar-refractivity contribution >= 4 is 45.4 Å². The molecule has 3 aliphatic rings. The molecule has 5 aromatic rings. The highest BCUT2D eigenvalue weighted by Crippen LogP contribution is 2.32. The molecule has 3 aromatic carbocycles. The van der Waals surface area contributed by atoms with Gasteiger partial charge in [-0.15, -0.1) is 10.2 Å². The maximum atomic E-state index is 13.6. The topological polar surface area (TPSA) is 169 Å². The molecule has 0 aliphatic carbocycles. The number of H-pyrrole nitrogens is 1. The molecule has 2 aromatic heterocycles. The molecular weight excluding hydrogens is 674 g/mol. The maximum Gasteiger partial charge on any atom is 0.257 e. The van der Waals surface area contributed by atoms with E-state index in [-0.39, 0.29) is 40.9 Å². The van der Waals surface area contributed by atoms with Crippen LogP contribution in [0.2, 0.25) is 0 Å². The second-order valence-electron chi connectivity index (χ2n) is 14.1. The van der Waals surface area contributed by atoms with E-state index in [1.165, 1.54) is 5.56 Å². The summed E-state index contributed by atoms with van der Waals surface area (Å²) < 4.78 is 0. The molecule has 1 atom stereocenters. The Hall–Kier alpha value is -5.95. The molecule has 4 amide bonds. The summed E-state index contributed by atoms with van der Waals surface area (Å²) in [5.41, 5.74) is 3.45. The lowest BCUT2D eigenvalue weighted by Gasteiger charge is -2.37. The first-order chi connectivity index (χ1) is 25.7. The first-order valence-electron chi connectivity index (χ1n) is 18.1. The third-order valence-corrected chi connectivity index (χ3v) is 10.9. The van der Waals surface area contributed by atoms with E-state index in [0.29, 0.717) is 90.1 Å². The van der Waals surface area contributed by atoms with Crippen LogP contribution in [0.1, 0.15) is 59.0 Å². The van der Waals surface area contributed by atoms with Gasteiger partial charge in [-0.25, -0.2) is 0 Å². The lowest BCUT2D eigenvalue weighted by molar-refractivity contribution is -0.135. The number of hydrogen-bond acceptors (Lipinski definition) is 9. The number of para-hydroxylation sites is 1. The molecule has 1 unspecified atom stereocenters. The third kappa shape index (κ3) is 6.87. The number of benzene rings is 3. The van der Waals surface area contributed by atoms with Crippen molar-refractivity contribution in [3.63, 3.8) is 0 Å². The van der Waals surface area contributed by atoms with Gasteiger partial charge in [-0.3, -0.25) is 34.2 Å². The minimum atomic E-state index is -0.381. The largest absolute Gasteiger partial charge is 0.507 e. The molecule has 3 N–H and O–H groups in total. The Kier molecular flexibility index (Phi) is 9.17. The van der Waals surface area contributed by atoms with Crippen molar-refractivity contribution in [2.75, 3.05) is 45.8 Å². The number of phenolic OH excluding ortho intramolecular Hbond substituents is 1. The van der Waals surface area contributed by atoms with Gasteiger partial charge in [0.1, 0.15) is 5.75 Å². The molecule has 3 fully saturated rings. The van der Waals surface area contributed by atoms with Crippen LogP contribution in [0, 0.1) is 0 Å². The summed E-state index contributed by atoms with van der Waals surface area (Å²) in [5, 5.41) is 22.7. The molecule has 3 aliphatic heterocycles. The van der Waals surface area contributed by atoms with E-state index in [2.05, 4.69) is 37.5 Å². The maximum absolute atomic E-state index is 13.6. The average Bonchev–Trinajstić information content (AvgIpc) is 3.18. The number of pyridine rings is 1. The smallest absolute Gasteiger partial charge is 0.257 e. The minimum absolute atomic E-state index is 0.0551. The molecule has 53 heavy (non-hydrogen) atoms. The lowest BCUT2D eigenvalue weighted by Crippen LogP contribution is -2.53. The first-order valence-corrected chi connectivity index (χ1v) is 18.1. The molecule has 8 rings (SSSR count). The quantitative estimate of drug-likeness (QED) is 0.176. The van der Waals surface area contributed by atoms with Crippen LogP contribution in [0.25, 0.3) is 33.1 Å². The molecule has 0 saturated carbocycles. The fraction of sp³-hybridized carbons (Fsp3) is 0.325. The van der Waals surface area contributed by atoms with E-state index < -0.39 is 0 Å². The van der Waals surface area contributed by atoms with Crippen molar-refractivity contribution in [2.45, 2.75) is 37.5 Å². The summed E-state index contributed by atoms with van der Waals surface area (Å²) in [4.78, 5) is 72.2. The number of amides is 4. The van der Waals surface area contributed by atoms with Gasteiger partial charge in [0.2, 0.25) is 17.7 Å². The van der Waals surface area contributed by atoms with Crippen molar-refractivity contribution in [3.05, 3.63) is 99.8 Å². The zero-order chi connectivity index (χ0) is 36.6. The average molecular weight is 714 g/mol. The lowest BCUT2D eigenvalue weighted by atomic mass is 9.86. The summed E-state index contributed by atoms with van der Waals surface area (Å²) >= 11 is 0. The zero-order valence-electron chi connectivity index (χ0n) is 29.1. The number of phenols is 1. The summed E-state index contributed by atoms with van der Waals surface area (Å²) in [6, 6.07) is 21.8. The number of imide groups is 1. The monoisotopic (exact) mass is 713 g/mol. The van der Waals surface area contributed by atoms with E-state index in [4.69, 9.17) is 0 Å². The zero-order valence-corrected chi connectivity index (χ0v) is 29.1. The summed E-state index contributed by atoms with van der Waals surface area (Å²) in [5.74, 6) is -0.423. The Morgan fingerprint density at radius 2 is 1.47 bits per heavy atom. The first kappa shape index (κ1) is 34.2. The van der Waals surface area contributed by atoms with E-state index >= 15 is 0 Å². The number of nitrogens with zero attached hydrogens (tertiary/aromatic N) is 5. The van der Waals surface area contributed by atoms with Gasteiger partial charge in [-0.05, 0) is 85.1 Å². The van der Waals surface area contributed by atoms with E-state index in [0.717, 1.165) is 31.5 Å². The van der Waals surface area contributed by atoms with Crippen LogP contribution in [0.15, 0.2) is 77.6 Å². The van der Waals surface area contributed by atoms with Crippen molar-refractivity contribution in [2.24, 2.45) is 0 Å². The number of rotatable bonds is 6. The minimum Gasteiger partial charge on any atom is -0.507 e. The standard InChI is InChI=1S/C40H39N7O6/c48-34-4-2-1-3-30(34)33-22-31-29-10-9-27(21-32(29)39(52)42-37(31)44-43-33)40(53)47-19-17-46(18-20-47)36(50)23-45-15-13-25(14-16-45)24-5-7-26(8-6-24)28-11-12-35(49)41-38(28)51/h1-10,21-22,25,28,48H,11-20,23H2,(H,41,49,51)(H,42,44,52). The SMILES string of the molecule is O=C1CCC(c2ccc(C3CCN(CC(=O)N4CCN(C(=O)c5ccc6c(c5)c(=O)[nH]c5nnc(-c7ccccc7O)cc56)CC4)CC3)cc2)C(=O)N1. The number of carbonyl (C=O) groups is 4. The van der Waals surface area contributed by atoms with E-state index in [9.17, 15) is 29.1 Å². The molecule has 0 spiro atoms. The van der Waals surface area contributed by atoms with Crippen molar-refractivity contribution in [1.82, 2.24) is 35.2 Å². The number of aromatic hydroxyl groups is 1. The number of piperazine rings is 1. The summed E-state index contributed by atoms with van der Waals surface area (Å²) in [6.45, 7) is 3.62. The van der Waals surface area contributed by atoms with Crippen LogP contribution in [0.4, 0.5) is 0 Å². The number of carbonyl (C=O) groups excluding carboxylic acids is 4. The molecule has 13 heteroatoms. The van der Waals surface area contributed by atoms with Gasteiger partial charge in [0.05, 0.1) is 18.2 Å². The van der Waals surface area contributed by atoms with Crippen LogP contribution in [0.3, 0.4) is 0 Å². The Bertz CT molecular complexity index is 2310. The second-order valence-corrected chi connectivity index (χ2v) is 14.1. The van der Waals surface area contributed by atoms with Crippen molar-refractivity contribution in [3.8, 4) is 17.0 Å². The van der Waals surface area contributed by atoms with Gasteiger partial charge >= 0.3 is 0 Å². The number of fused-ring (bicyclic) bond motifs is 3. The summed E-state index contributed by atoms with van der Waals surface area (Å²) in [7, 11) is 0. The fourth-order valence-electron chi connectivity index (χ4n) is 7.86. The van der Waals surface area contributed by atoms with Gasteiger partial charge in [0, 0.05) is 54.5 Å². The van der Waals surface area contributed by atoms with E-state index in [1.54, 1.807) is 53.4 Å². The molecule has 3 saturated heterocycles. The van der Waals surface area contributed by atoms with Crippen molar-refractivity contribution in [1.29, 1.82) is 0 Å². The molecule has 0 bridgehead atoms. The Labute approximate surface area is 304 Å². The summed E-state index contributed by atoms with van der Waals surface area (Å²) in [6.07, 6.45) is 2.76. The molecule has 5 heterocycles. The van der Waals surface area contributed by atoms with Gasteiger partial charge in [-0.1, -0.05) is 42.5 Å². The number of piperidine rings is 2. The number of likely N-dealkylation sites (tertiary alicyclic amines) is 1. The Morgan fingerprint density at radius 3 is 2.21 bits per heavy atom. The van der Waals surface area contributed by atoms with Gasteiger partial charge in [0.15, 0.2) is 5.65 Å². The highest BCUT2D eigenvalue weighted by atomic mass is 16.3. The molecule has 0 radical (unpaired) electrons. The molecular formula is C40H39N7O6. The normalized spacial score (nSPS) is 18.8. The van der Waals surface area contributed by atoms with Crippen molar-refractivity contribution < 1.29 is 24.3 Å². The van der Waals surface area contributed by atoms with Crippen LogP contribution in [-0.2, 0) is 14.4 Å². The number of nitrogens with one attached hydrogen (secondary N) is 2. The van der Waals surface area contributed by atoms with Gasteiger partial charge < -0.3 is 19.9 Å². The van der Waals surface area contributed by atoms with Crippen LogP contribution in [-0.4, -0.2) is 104 Å². The predicted molar refractivity (Wildman–Crippen MR) is 197 cm³/mol. The molecule has 270 valence electrons. The van der Waals surface area contributed by atoms with Crippen LogP contribution in [0.5, 0.6) is 5.75 Å². The third-order valence-electron chi connectivity index (χ3n) is 10.9. The highest BCUT2D eigenvalue weighted by Gasteiger charge is 2.30. The van der Waals surface area contributed by atoms with Crippen LogP contribution < -0.4 is 10.9 Å². The highest BCUT2D eigenvalue weighted by molar-refractivity contribution is 6.08. The van der Waals surface area contributed by atoms with Gasteiger partial charge in [0.25, 0.3) is 11.5 Å². The molecule has 13 nitrogen and oxygen atoms in total.